The molecule has 0 aliphatic heterocycles. The van der Waals surface area contributed by atoms with Crippen molar-refractivity contribution in [1.29, 1.82) is 0 Å². The van der Waals surface area contributed by atoms with Crippen molar-refractivity contribution in [2.75, 3.05) is 10.6 Å². The van der Waals surface area contributed by atoms with E-state index < -0.39 is 47.2 Å². The largest absolute Gasteiger partial charge is 0.390 e. The minimum Gasteiger partial charge on any atom is -0.390 e. The molecule has 2 aromatic heterocycles. The molecule has 1 aliphatic rings. The summed E-state index contributed by atoms with van der Waals surface area (Å²) in [5, 5.41) is 38.5. The molecule has 5 N–H and O–H groups in total. The number of aliphatic hydroxyl groups is 3. The lowest BCUT2D eigenvalue weighted by atomic mass is 9.88. The Morgan fingerprint density at radius 1 is 1.03 bits per heavy atom. The number of hydrogen-bond acceptors (Lipinski definition) is 9. The number of nitrogens with zero attached hydrogens (tertiary/aromatic N) is 3. The minimum absolute atomic E-state index is 0.0371. The van der Waals surface area contributed by atoms with E-state index in [-0.39, 0.29) is 30.3 Å². The van der Waals surface area contributed by atoms with E-state index in [0.717, 1.165) is 10.2 Å². The number of nitrogens with one attached hydrogen (secondary N) is 2. The Morgan fingerprint density at radius 3 is 2.36 bits per heavy atom. The van der Waals surface area contributed by atoms with Crippen LogP contribution in [-0.2, 0) is 6.54 Å². The van der Waals surface area contributed by atoms with Gasteiger partial charge in [-0.25, -0.2) is 23.1 Å². The first-order chi connectivity index (χ1) is 18.4. The number of benzene rings is 2. The summed E-state index contributed by atoms with van der Waals surface area (Å²) in [6, 6.07) is 8.13. The molecule has 39 heavy (non-hydrogen) atoms. The Bertz CT molecular complexity index is 1470. The molecule has 0 saturated heterocycles. The number of aliphatic hydroxyl groups excluding tert-OH is 2. The number of hydrogen-bond donors (Lipinski definition) is 5. The van der Waals surface area contributed by atoms with E-state index in [9.17, 15) is 28.5 Å². The van der Waals surface area contributed by atoms with Crippen molar-refractivity contribution in [3.05, 3.63) is 65.1 Å². The number of para-hydroxylation sites is 1. The van der Waals surface area contributed by atoms with Crippen LogP contribution in [0, 0.1) is 30.3 Å². The average Bonchev–Trinajstić information content (AvgIpc) is 3.39. The monoisotopic (exact) mass is 559 g/mol. The molecule has 12 heteroatoms. The molecule has 1 aliphatic carbocycles. The van der Waals surface area contributed by atoms with E-state index in [1.54, 1.807) is 20.8 Å². The predicted molar refractivity (Wildman–Crippen MR) is 143 cm³/mol. The van der Waals surface area contributed by atoms with E-state index in [4.69, 9.17) is 4.98 Å². The number of aryl methyl sites for hydroxylation is 1. The molecule has 2 heterocycles. The zero-order valence-electron chi connectivity index (χ0n) is 21.4. The molecule has 2 aromatic carbocycles. The lowest BCUT2D eigenvalue weighted by Gasteiger charge is -2.28. The summed E-state index contributed by atoms with van der Waals surface area (Å²) in [4.78, 5) is 13.7. The summed E-state index contributed by atoms with van der Waals surface area (Å²) < 4.78 is 42.6. The van der Waals surface area contributed by atoms with Gasteiger partial charge in [-0.1, -0.05) is 12.1 Å². The van der Waals surface area contributed by atoms with Crippen molar-refractivity contribution in [3.63, 3.8) is 0 Å². The molecule has 8 nitrogen and oxygen atoms in total. The lowest BCUT2D eigenvalue weighted by Crippen LogP contribution is -2.40. The number of thiazole rings is 1. The van der Waals surface area contributed by atoms with Crippen LogP contribution in [0.25, 0.3) is 20.8 Å². The van der Waals surface area contributed by atoms with Crippen LogP contribution in [0.1, 0.15) is 31.5 Å². The van der Waals surface area contributed by atoms with Crippen LogP contribution in [0.5, 0.6) is 0 Å². The standard InChI is InChI=1S/C27H28F3N5O3S/c1-12-21(25-34-18-6-4-5-7-20(18)39-25)24(33-19-10-15(27(2,3)38)22(36)23(19)37)35-26(32-12)31-11-14-16(29)8-13(28)9-17(14)30/h4-9,15,19,22-23,36-38H,10-11H2,1-3H3,(H2,31,32,33,35). The maximum atomic E-state index is 14.2. The van der Waals surface area contributed by atoms with Gasteiger partial charge in [0, 0.05) is 30.2 Å². The van der Waals surface area contributed by atoms with Crippen molar-refractivity contribution >= 4 is 33.3 Å². The van der Waals surface area contributed by atoms with Gasteiger partial charge >= 0.3 is 0 Å². The van der Waals surface area contributed by atoms with Crippen LogP contribution in [0.3, 0.4) is 0 Å². The molecule has 206 valence electrons. The average molecular weight is 560 g/mol. The van der Waals surface area contributed by atoms with Crippen molar-refractivity contribution < 1.29 is 28.5 Å². The molecule has 5 rings (SSSR count). The van der Waals surface area contributed by atoms with Crippen molar-refractivity contribution in [2.24, 2.45) is 5.92 Å². The summed E-state index contributed by atoms with van der Waals surface area (Å²) in [6.45, 7) is 4.54. The Balaban J connectivity index is 1.52. The van der Waals surface area contributed by atoms with E-state index in [0.29, 0.717) is 28.4 Å². The molecule has 4 unspecified atom stereocenters. The predicted octanol–water partition coefficient (Wildman–Crippen LogP) is 4.38. The topological polar surface area (TPSA) is 123 Å². The van der Waals surface area contributed by atoms with Gasteiger partial charge in [-0.15, -0.1) is 11.3 Å². The second-order valence-corrected chi connectivity index (χ2v) is 11.3. The highest BCUT2D eigenvalue weighted by Crippen LogP contribution is 2.40. The molecule has 4 atom stereocenters. The van der Waals surface area contributed by atoms with Gasteiger partial charge in [0.15, 0.2) is 0 Å². The Hall–Kier alpha value is -3.32. The highest BCUT2D eigenvalue weighted by molar-refractivity contribution is 7.21. The van der Waals surface area contributed by atoms with Gasteiger partial charge in [-0.3, -0.25) is 0 Å². The highest BCUT2D eigenvalue weighted by atomic mass is 32.1. The van der Waals surface area contributed by atoms with Gasteiger partial charge in [0.05, 0.1) is 39.2 Å². The SMILES string of the molecule is Cc1nc(NCc2c(F)cc(F)cc2F)nc(NC2CC(C(C)(C)O)C(O)C2O)c1-c1nc2ccccc2s1. The normalized spacial score (nSPS) is 21.5. The number of rotatable bonds is 7. The number of anilines is 2. The van der Waals surface area contributed by atoms with Crippen molar-refractivity contribution in [3.8, 4) is 10.6 Å². The zero-order valence-corrected chi connectivity index (χ0v) is 22.2. The highest BCUT2D eigenvalue weighted by Gasteiger charge is 2.48. The molecular weight excluding hydrogens is 531 g/mol. The lowest BCUT2D eigenvalue weighted by molar-refractivity contribution is -0.0601. The van der Waals surface area contributed by atoms with Gasteiger partial charge < -0.3 is 26.0 Å². The maximum absolute atomic E-state index is 14.2. The second-order valence-electron chi connectivity index (χ2n) is 10.3. The van der Waals surface area contributed by atoms with Crippen LogP contribution in [0.4, 0.5) is 24.9 Å². The fourth-order valence-electron chi connectivity index (χ4n) is 4.95. The van der Waals surface area contributed by atoms with E-state index in [1.165, 1.54) is 11.3 Å². The quantitative estimate of drug-likeness (QED) is 0.226. The first kappa shape index (κ1) is 27.3. The molecule has 0 radical (unpaired) electrons. The van der Waals surface area contributed by atoms with Crippen LogP contribution in [0.15, 0.2) is 36.4 Å². The molecule has 1 saturated carbocycles. The summed E-state index contributed by atoms with van der Waals surface area (Å²) in [7, 11) is 0. The van der Waals surface area contributed by atoms with Crippen LogP contribution >= 0.6 is 11.3 Å². The third-order valence-electron chi connectivity index (χ3n) is 7.04. The van der Waals surface area contributed by atoms with Gasteiger partial charge in [0.1, 0.15) is 34.4 Å². The molecule has 4 aromatic rings. The number of halogens is 3. The zero-order chi connectivity index (χ0) is 28.1. The number of fused-ring (bicyclic) bond motifs is 1. The first-order valence-electron chi connectivity index (χ1n) is 12.4. The van der Waals surface area contributed by atoms with Crippen LogP contribution < -0.4 is 10.6 Å². The molecule has 1 fully saturated rings. The Morgan fingerprint density at radius 2 is 1.72 bits per heavy atom. The third-order valence-corrected chi connectivity index (χ3v) is 8.09. The van der Waals surface area contributed by atoms with Crippen LogP contribution in [-0.4, -0.2) is 54.1 Å². The molecule has 0 spiro atoms. The smallest absolute Gasteiger partial charge is 0.225 e. The molecule has 0 bridgehead atoms. The van der Waals surface area contributed by atoms with Gasteiger partial charge in [0.25, 0.3) is 0 Å². The van der Waals surface area contributed by atoms with E-state index in [1.807, 2.05) is 24.3 Å². The van der Waals surface area contributed by atoms with E-state index in [2.05, 4.69) is 20.6 Å². The van der Waals surface area contributed by atoms with Gasteiger partial charge in [-0.2, -0.15) is 4.98 Å². The van der Waals surface area contributed by atoms with E-state index >= 15 is 0 Å². The fraction of sp³-hybridized carbons (Fsp3) is 0.370. The summed E-state index contributed by atoms with van der Waals surface area (Å²) in [5.41, 5.74) is 0.246. The maximum Gasteiger partial charge on any atom is 0.225 e. The Labute approximate surface area is 226 Å². The third kappa shape index (κ3) is 5.42. The summed E-state index contributed by atoms with van der Waals surface area (Å²) in [6.07, 6.45) is -2.11. The minimum atomic E-state index is -1.23. The second kappa shape index (κ2) is 10.3. The Kier molecular flexibility index (Phi) is 7.23. The van der Waals surface area contributed by atoms with Crippen molar-refractivity contribution in [1.82, 2.24) is 15.0 Å². The molecule has 0 amide bonds. The van der Waals surface area contributed by atoms with Crippen molar-refractivity contribution in [2.45, 2.75) is 57.6 Å². The summed E-state index contributed by atoms with van der Waals surface area (Å²) in [5.74, 6) is -3.37. The number of aromatic nitrogens is 3. The van der Waals surface area contributed by atoms with Gasteiger partial charge in [0.2, 0.25) is 5.95 Å². The van der Waals surface area contributed by atoms with Crippen LogP contribution in [0.2, 0.25) is 0 Å². The first-order valence-corrected chi connectivity index (χ1v) is 13.2. The summed E-state index contributed by atoms with van der Waals surface area (Å²) >= 11 is 1.43. The van der Waals surface area contributed by atoms with Gasteiger partial charge in [-0.05, 0) is 39.3 Å². The molecular formula is C27H28F3N5O3S. The fourth-order valence-corrected chi connectivity index (χ4v) is 6.02.